The summed E-state index contributed by atoms with van der Waals surface area (Å²) in [5.41, 5.74) is 4.91. The van der Waals surface area contributed by atoms with Gasteiger partial charge in [-0.2, -0.15) is 5.26 Å². The van der Waals surface area contributed by atoms with Crippen molar-refractivity contribution in [1.82, 2.24) is 14.5 Å². The van der Waals surface area contributed by atoms with Crippen LogP contribution in [0.1, 0.15) is 21.6 Å². The molecule has 2 saturated heterocycles. The fraction of sp³-hybridized carbons (Fsp3) is 0.318. The first-order valence-corrected chi connectivity index (χ1v) is 10.3. The Hall–Kier alpha value is -2.53. The van der Waals surface area contributed by atoms with Crippen molar-refractivity contribution in [3.63, 3.8) is 0 Å². The Morgan fingerprint density at radius 3 is 2.66 bits per heavy atom. The lowest BCUT2D eigenvalue weighted by atomic mass is 9.78. The second-order valence-corrected chi connectivity index (χ2v) is 8.95. The molecule has 1 spiro atoms. The van der Waals surface area contributed by atoms with Crippen LogP contribution in [0.3, 0.4) is 0 Å². The van der Waals surface area contributed by atoms with Gasteiger partial charge >= 0.3 is 0 Å². The molecule has 0 saturated carbocycles. The molecule has 2 aliphatic heterocycles. The summed E-state index contributed by atoms with van der Waals surface area (Å²) in [4.78, 5) is 20.0. The van der Waals surface area contributed by atoms with Crippen molar-refractivity contribution in [3.05, 3.63) is 57.8 Å². The van der Waals surface area contributed by atoms with E-state index in [1.54, 1.807) is 18.3 Å². The number of carbonyl (C=O) groups is 1. The first kappa shape index (κ1) is 18.5. The molecule has 0 unspecified atom stereocenters. The predicted octanol–water partition coefficient (Wildman–Crippen LogP) is 3.48. The number of ketones is 1. The van der Waals surface area contributed by atoms with Gasteiger partial charge in [-0.1, -0.05) is 0 Å². The van der Waals surface area contributed by atoms with Gasteiger partial charge in [0.15, 0.2) is 5.78 Å². The van der Waals surface area contributed by atoms with Crippen molar-refractivity contribution in [2.75, 3.05) is 32.8 Å². The molecule has 2 aliphatic rings. The van der Waals surface area contributed by atoms with Crippen molar-refractivity contribution in [2.24, 2.45) is 5.41 Å². The molecule has 0 amide bonds. The molecule has 6 nitrogen and oxygen atoms in total. The van der Waals surface area contributed by atoms with Gasteiger partial charge in [0.2, 0.25) is 0 Å². The third-order valence-corrected chi connectivity index (χ3v) is 6.28. The number of benzene rings is 1. The fourth-order valence-corrected chi connectivity index (χ4v) is 4.80. The summed E-state index contributed by atoms with van der Waals surface area (Å²) < 4.78 is 8.22. The number of pyridine rings is 1. The molecule has 2 aromatic heterocycles. The topological polar surface area (TPSA) is 71.2 Å². The number of rotatable bonds is 4. The zero-order valence-corrected chi connectivity index (χ0v) is 17.6. The third kappa shape index (κ3) is 2.99. The molecular weight excluding hydrogens is 432 g/mol. The molecule has 0 bridgehead atoms. The zero-order chi connectivity index (χ0) is 20.2. The minimum atomic E-state index is 0.0878. The molecular formula is C22H19BrN4O2. The van der Waals surface area contributed by atoms with Crippen molar-refractivity contribution < 1.29 is 9.53 Å². The number of nitrogens with zero attached hydrogens (tertiary/aromatic N) is 4. The van der Waals surface area contributed by atoms with Crippen LogP contribution in [0.4, 0.5) is 0 Å². The van der Waals surface area contributed by atoms with Gasteiger partial charge in [0.1, 0.15) is 0 Å². The van der Waals surface area contributed by atoms with E-state index in [1.807, 2.05) is 29.7 Å². The molecule has 146 valence electrons. The summed E-state index contributed by atoms with van der Waals surface area (Å²) in [6, 6.07) is 11.5. The summed E-state index contributed by atoms with van der Waals surface area (Å²) in [6.07, 6.45) is 1.73. The van der Waals surface area contributed by atoms with Gasteiger partial charge in [-0.15, -0.1) is 0 Å². The zero-order valence-electron chi connectivity index (χ0n) is 16.0. The van der Waals surface area contributed by atoms with Crippen LogP contribution in [-0.2, 0) is 4.74 Å². The Morgan fingerprint density at radius 1 is 1.31 bits per heavy atom. The summed E-state index contributed by atoms with van der Waals surface area (Å²) in [6.45, 7) is 5.82. The van der Waals surface area contributed by atoms with E-state index in [-0.39, 0.29) is 11.2 Å². The normalized spacial score (nSPS) is 17.7. The van der Waals surface area contributed by atoms with Crippen LogP contribution in [0.2, 0.25) is 0 Å². The Kier molecular flexibility index (Phi) is 4.32. The van der Waals surface area contributed by atoms with Gasteiger partial charge in [-0.25, -0.2) is 0 Å². The standard InChI is InChI=1S/C22H19BrN4O2/c1-14-20(19(28)9-26-10-22(11-26)12-29-13-22)21-18(6-16(23)8-25-21)27(14)17-4-2-15(7-24)3-5-17/h2-6,8H,9-13H2,1H3. The number of Topliss-reactive ketones (excluding diaryl/α,β-unsaturated/α-hetero) is 1. The average molecular weight is 451 g/mol. The van der Waals surface area contributed by atoms with Crippen LogP contribution >= 0.6 is 15.9 Å². The number of hydrogen-bond donors (Lipinski definition) is 0. The minimum absolute atomic E-state index is 0.0878. The van der Waals surface area contributed by atoms with Gasteiger partial charge in [0.05, 0.1) is 48.0 Å². The van der Waals surface area contributed by atoms with E-state index in [0.717, 1.165) is 47.7 Å². The number of likely N-dealkylation sites (tertiary alicyclic amines) is 1. The average Bonchev–Trinajstić information content (AvgIpc) is 2.94. The monoisotopic (exact) mass is 450 g/mol. The highest BCUT2D eigenvalue weighted by Gasteiger charge is 2.49. The van der Waals surface area contributed by atoms with Gasteiger partial charge in [0, 0.05) is 40.6 Å². The molecule has 7 heteroatoms. The van der Waals surface area contributed by atoms with E-state index in [9.17, 15) is 4.79 Å². The predicted molar refractivity (Wildman–Crippen MR) is 112 cm³/mol. The number of aromatic nitrogens is 2. The highest BCUT2D eigenvalue weighted by Crippen LogP contribution is 2.38. The Labute approximate surface area is 176 Å². The highest BCUT2D eigenvalue weighted by atomic mass is 79.9. The Morgan fingerprint density at radius 2 is 2.03 bits per heavy atom. The van der Waals surface area contributed by atoms with Gasteiger partial charge in [0.25, 0.3) is 0 Å². The second kappa shape index (κ2) is 6.77. The van der Waals surface area contributed by atoms with Crippen LogP contribution in [0, 0.1) is 23.7 Å². The Bertz CT molecular complexity index is 1160. The van der Waals surface area contributed by atoms with E-state index in [2.05, 4.69) is 31.9 Å². The summed E-state index contributed by atoms with van der Waals surface area (Å²) in [7, 11) is 0. The molecule has 4 heterocycles. The number of hydrogen-bond acceptors (Lipinski definition) is 5. The second-order valence-electron chi connectivity index (χ2n) is 8.04. The Balaban J connectivity index is 1.54. The van der Waals surface area contributed by atoms with Crippen LogP contribution in [-0.4, -0.2) is 53.1 Å². The SMILES string of the molecule is Cc1c(C(=O)CN2CC3(COC3)C2)c2ncc(Br)cc2n1-c1ccc(C#N)cc1. The van der Waals surface area contributed by atoms with Crippen molar-refractivity contribution in [1.29, 1.82) is 5.26 Å². The van der Waals surface area contributed by atoms with Crippen molar-refractivity contribution in [2.45, 2.75) is 6.92 Å². The number of halogens is 1. The fourth-order valence-electron chi connectivity index (χ4n) is 4.48. The van der Waals surface area contributed by atoms with Crippen molar-refractivity contribution >= 4 is 32.7 Å². The third-order valence-electron chi connectivity index (χ3n) is 5.84. The summed E-state index contributed by atoms with van der Waals surface area (Å²) in [5, 5.41) is 9.08. The lowest BCUT2D eigenvalue weighted by Gasteiger charge is -2.54. The minimum Gasteiger partial charge on any atom is -0.380 e. The first-order chi connectivity index (χ1) is 14.0. The lowest BCUT2D eigenvalue weighted by molar-refractivity contribution is -0.186. The van der Waals surface area contributed by atoms with Crippen molar-refractivity contribution in [3.8, 4) is 11.8 Å². The maximum Gasteiger partial charge on any atom is 0.180 e. The molecule has 3 aromatic rings. The molecule has 0 atom stereocenters. The quantitative estimate of drug-likeness (QED) is 0.568. The lowest BCUT2D eigenvalue weighted by Crippen LogP contribution is -2.66. The smallest absolute Gasteiger partial charge is 0.180 e. The van der Waals surface area contributed by atoms with Gasteiger partial charge < -0.3 is 9.30 Å². The van der Waals surface area contributed by atoms with Gasteiger partial charge in [-0.3, -0.25) is 14.7 Å². The number of fused-ring (bicyclic) bond motifs is 1. The highest BCUT2D eigenvalue weighted by molar-refractivity contribution is 9.10. The van der Waals surface area contributed by atoms with E-state index >= 15 is 0 Å². The molecule has 5 rings (SSSR count). The summed E-state index contributed by atoms with van der Waals surface area (Å²) >= 11 is 3.50. The van der Waals surface area contributed by atoms with E-state index < -0.39 is 0 Å². The number of carbonyl (C=O) groups excluding carboxylic acids is 1. The molecule has 0 radical (unpaired) electrons. The van der Waals surface area contributed by atoms with Crippen LogP contribution in [0.25, 0.3) is 16.7 Å². The first-order valence-electron chi connectivity index (χ1n) is 9.50. The molecule has 2 fully saturated rings. The van der Waals surface area contributed by atoms with Crippen LogP contribution in [0.5, 0.6) is 0 Å². The molecule has 0 N–H and O–H groups in total. The maximum atomic E-state index is 13.2. The van der Waals surface area contributed by atoms with Gasteiger partial charge in [-0.05, 0) is 53.2 Å². The van der Waals surface area contributed by atoms with E-state index in [0.29, 0.717) is 23.2 Å². The largest absolute Gasteiger partial charge is 0.380 e. The maximum absolute atomic E-state index is 13.2. The van der Waals surface area contributed by atoms with Crippen LogP contribution < -0.4 is 0 Å². The molecule has 1 aromatic carbocycles. The molecule has 0 aliphatic carbocycles. The summed E-state index contributed by atoms with van der Waals surface area (Å²) in [5.74, 6) is 0.0878. The number of ether oxygens (including phenoxy) is 1. The van der Waals surface area contributed by atoms with E-state index in [1.165, 1.54) is 0 Å². The number of nitriles is 1. The molecule has 29 heavy (non-hydrogen) atoms. The van der Waals surface area contributed by atoms with Crippen LogP contribution in [0.15, 0.2) is 41.0 Å². The van der Waals surface area contributed by atoms with E-state index in [4.69, 9.17) is 10.00 Å².